The summed E-state index contributed by atoms with van der Waals surface area (Å²) in [6, 6.07) is 1.85. The molecule has 0 fully saturated rings. The van der Waals surface area contributed by atoms with E-state index in [1.54, 1.807) is 16.8 Å². The van der Waals surface area contributed by atoms with Gasteiger partial charge in [-0.05, 0) is 6.07 Å². The maximum Gasteiger partial charge on any atom is 0.234 e. The second-order valence-electron chi connectivity index (χ2n) is 1.70. The molecule has 0 aliphatic carbocycles. The van der Waals surface area contributed by atoms with Crippen molar-refractivity contribution in [2.24, 2.45) is 0 Å². The van der Waals surface area contributed by atoms with Crippen LogP contribution in [0.3, 0.4) is 0 Å². The van der Waals surface area contributed by atoms with E-state index >= 15 is 0 Å². The monoisotopic (exact) mass is 118 g/mol. The topological polar surface area (TPSA) is 30.2 Å². The fourth-order valence-electron chi connectivity index (χ4n) is 0.710. The maximum absolute atomic E-state index is 3.96. The highest BCUT2D eigenvalue weighted by Crippen LogP contribution is 1.91. The Morgan fingerprint density at radius 2 is 2.56 bits per heavy atom. The van der Waals surface area contributed by atoms with Crippen molar-refractivity contribution in [1.82, 2.24) is 14.4 Å². The van der Waals surface area contributed by atoms with Gasteiger partial charge in [-0.2, -0.15) is 0 Å². The van der Waals surface area contributed by atoms with Gasteiger partial charge >= 0.3 is 0 Å². The molecule has 3 heteroatoms. The lowest BCUT2D eigenvalue weighted by Gasteiger charge is -1.85. The number of rotatable bonds is 0. The lowest BCUT2D eigenvalue weighted by Crippen LogP contribution is -1.82. The van der Waals surface area contributed by atoms with Crippen LogP contribution in [0.2, 0.25) is 0 Å². The van der Waals surface area contributed by atoms with Crippen LogP contribution in [-0.2, 0) is 0 Å². The van der Waals surface area contributed by atoms with Crippen molar-refractivity contribution in [1.29, 1.82) is 0 Å². The van der Waals surface area contributed by atoms with Gasteiger partial charge in [0.1, 0.15) is 6.20 Å². The molecule has 0 saturated carbocycles. The van der Waals surface area contributed by atoms with Crippen LogP contribution < -0.4 is 0 Å². The number of fused-ring (bicyclic) bond motifs is 1. The van der Waals surface area contributed by atoms with Gasteiger partial charge in [-0.1, -0.05) is 0 Å². The summed E-state index contributed by atoms with van der Waals surface area (Å²) in [5.74, 6) is 0.692. The highest BCUT2D eigenvalue weighted by atomic mass is 15.1. The van der Waals surface area contributed by atoms with Gasteiger partial charge in [-0.3, -0.25) is 4.40 Å². The van der Waals surface area contributed by atoms with Crippen LogP contribution in [0.15, 0.2) is 24.7 Å². The van der Waals surface area contributed by atoms with Crippen LogP contribution in [0.25, 0.3) is 5.78 Å². The summed E-state index contributed by atoms with van der Waals surface area (Å²) < 4.78 is 1.81. The molecule has 0 bridgehead atoms. The average Bonchev–Trinajstić information content (AvgIpc) is 2.33. The Hall–Kier alpha value is -1.38. The number of aromatic nitrogens is 3. The molecule has 0 saturated heterocycles. The molecule has 2 rings (SSSR count). The molecular formula is C6H4N3. The molecule has 0 N–H and O–H groups in total. The first-order valence-corrected chi connectivity index (χ1v) is 2.62. The lowest BCUT2D eigenvalue weighted by atomic mass is 10.7. The van der Waals surface area contributed by atoms with E-state index in [-0.39, 0.29) is 0 Å². The minimum atomic E-state index is 0.692. The van der Waals surface area contributed by atoms with Gasteiger partial charge in [0.15, 0.2) is 0 Å². The predicted molar refractivity (Wildman–Crippen MR) is 31.8 cm³/mol. The van der Waals surface area contributed by atoms with Crippen molar-refractivity contribution in [2.75, 3.05) is 0 Å². The van der Waals surface area contributed by atoms with Gasteiger partial charge in [0.05, 0.1) is 0 Å². The third-order valence-electron chi connectivity index (χ3n) is 1.12. The largest absolute Gasteiger partial charge is 0.290 e. The van der Waals surface area contributed by atoms with Gasteiger partial charge < -0.3 is 0 Å². The molecule has 3 nitrogen and oxygen atoms in total. The van der Waals surface area contributed by atoms with E-state index < -0.39 is 0 Å². The highest BCUT2D eigenvalue weighted by molar-refractivity contribution is 5.24. The van der Waals surface area contributed by atoms with Gasteiger partial charge in [0.2, 0.25) is 5.78 Å². The van der Waals surface area contributed by atoms with E-state index in [9.17, 15) is 0 Å². The number of hydrogen-bond donors (Lipinski definition) is 0. The van der Waals surface area contributed by atoms with Crippen molar-refractivity contribution in [2.45, 2.75) is 0 Å². The normalized spacial score (nSPS) is 10.2. The van der Waals surface area contributed by atoms with Crippen LogP contribution >= 0.6 is 0 Å². The average molecular weight is 118 g/mol. The minimum absolute atomic E-state index is 0.692. The Morgan fingerprint density at radius 1 is 1.56 bits per heavy atom. The Balaban J connectivity index is 2.95. The van der Waals surface area contributed by atoms with Gasteiger partial charge in [-0.25, -0.2) is 9.97 Å². The third-order valence-corrected chi connectivity index (χ3v) is 1.12. The standard InChI is InChI=1S/C6H4N3/c1-2-7-6-8-3-5-9(6)4-1/h1-2,4-5H. The molecule has 1 radical (unpaired) electrons. The lowest BCUT2D eigenvalue weighted by molar-refractivity contribution is 1.11. The van der Waals surface area contributed by atoms with E-state index in [2.05, 4.69) is 16.2 Å². The van der Waals surface area contributed by atoms with Gasteiger partial charge in [-0.15, -0.1) is 0 Å². The SMILES string of the molecule is [c]1cn2cccnc2n1. The number of imidazole rings is 1. The minimum Gasteiger partial charge on any atom is -0.290 e. The molecule has 0 aromatic carbocycles. The first-order valence-electron chi connectivity index (χ1n) is 2.62. The zero-order valence-corrected chi connectivity index (χ0v) is 4.65. The molecule has 2 heterocycles. The predicted octanol–water partition coefficient (Wildman–Crippen LogP) is 0.529. The zero-order valence-electron chi connectivity index (χ0n) is 4.65. The molecule has 0 unspecified atom stereocenters. The van der Waals surface area contributed by atoms with Gasteiger partial charge in [0.25, 0.3) is 0 Å². The molecule has 0 spiro atoms. The van der Waals surface area contributed by atoms with Crippen molar-refractivity contribution >= 4 is 5.78 Å². The van der Waals surface area contributed by atoms with Crippen LogP contribution in [0.1, 0.15) is 0 Å². The third kappa shape index (κ3) is 0.579. The Kier molecular flexibility index (Phi) is 0.773. The van der Waals surface area contributed by atoms with E-state index in [0.29, 0.717) is 5.78 Å². The van der Waals surface area contributed by atoms with Crippen LogP contribution in [-0.4, -0.2) is 14.4 Å². The van der Waals surface area contributed by atoms with Crippen molar-refractivity contribution < 1.29 is 0 Å². The Bertz CT molecular complexity index is 282. The number of hydrogen-bond acceptors (Lipinski definition) is 2. The van der Waals surface area contributed by atoms with Gasteiger partial charge in [0, 0.05) is 18.6 Å². The molecule has 0 amide bonds. The van der Waals surface area contributed by atoms with E-state index in [1.807, 2.05) is 12.3 Å². The van der Waals surface area contributed by atoms with Crippen LogP contribution in [0.4, 0.5) is 0 Å². The van der Waals surface area contributed by atoms with Crippen LogP contribution in [0, 0.1) is 6.20 Å². The summed E-state index contributed by atoms with van der Waals surface area (Å²) in [4.78, 5) is 7.81. The Labute approximate surface area is 52.0 Å². The molecule has 0 aliphatic heterocycles. The zero-order chi connectivity index (χ0) is 6.10. The molecule has 0 atom stereocenters. The summed E-state index contributed by atoms with van der Waals surface area (Å²) in [7, 11) is 0. The fraction of sp³-hybridized carbons (Fsp3) is 0. The van der Waals surface area contributed by atoms with E-state index in [0.717, 1.165) is 0 Å². The summed E-state index contributed by atoms with van der Waals surface area (Å²) in [6.07, 6.45) is 8.01. The summed E-state index contributed by atoms with van der Waals surface area (Å²) in [5, 5.41) is 0. The first-order chi connectivity index (χ1) is 4.47. The van der Waals surface area contributed by atoms with Crippen molar-refractivity contribution in [3.05, 3.63) is 30.9 Å². The first kappa shape index (κ1) is 4.49. The maximum atomic E-state index is 3.96. The summed E-state index contributed by atoms with van der Waals surface area (Å²) in [6.45, 7) is 0. The van der Waals surface area contributed by atoms with E-state index in [4.69, 9.17) is 0 Å². The summed E-state index contributed by atoms with van der Waals surface area (Å²) >= 11 is 0. The molecule has 0 aliphatic rings. The van der Waals surface area contributed by atoms with E-state index in [1.165, 1.54) is 0 Å². The molecule has 2 aromatic heterocycles. The second kappa shape index (κ2) is 1.55. The van der Waals surface area contributed by atoms with Crippen molar-refractivity contribution in [3.63, 3.8) is 0 Å². The molecule has 43 valence electrons. The quantitative estimate of drug-likeness (QED) is 0.505. The molecule has 2 aromatic rings. The number of nitrogens with zero attached hydrogens (tertiary/aromatic N) is 3. The van der Waals surface area contributed by atoms with Crippen LogP contribution in [0.5, 0.6) is 0 Å². The highest BCUT2D eigenvalue weighted by Gasteiger charge is 1.87. The smallest absolute Gasteiger partial charge is 0.234 e. The molecule has 9 heavy (non-hydrogen) atoms. The second-order valence-corrected chi connectivity index (χ2v) is 1.70. The van der Waals surface area contributed by atoms with Crippen molar-refractivity contribution in [3.8, 4) is 0 Å². The summed E-state index contributed by atoms with van der Waals surface area (Å²) in [5.41, 5.74) is 0. The fourth-order valence-corrected chi connectivity index (χ4v) is 0.710. The molecular weight excluding hydrogens is 114 g/mol. The Morgan fingerprint density at radius 3 is 3.44 bits per heavy atom.